The van der Waals surface area contributed by atoms with Gasteiger partial charge in [0.15, 0.2) is 5.88 Å². The molecule has 0 spiro atoms. The van der Waals surface area contributed by atoms with Crippen LogP contribution in [0.5, 0.6) is 0 Å². The Morgan fingerprint density at radius 2 is 1.30 bits per heavy atom. The van der Waals surface area contributed by atoms with Gasteiger partial charge in [-0.2, -0.15) is 0 Å². The molecule has 2 aliphatic heterocycles. The van der Waals surface area contributed by atoms with Crippen LogP contribution in [0.25, 0.3) is 0 Å². The quantitative estimate of drug-likeness (QED) is 0.286. The zero-order valence-electron chi connectivity index (χ0n) is 47.5. The lowest BCUT2D eigenvalue weighted by atomic mass is 9.29. The third-order valence-corrected chi connectivity index (χ3v) is 21.8. The average molecular weight is 949 g/mol. The molecule has 0 N–H and O–H groups in total. The van der Waals surface area contributed by atoms with Crippen molar-refractivity contribution < 1.29 is 4.42 Å². The minimum absolute atomic E-state index is 0.0280. The van der Waals surface area contributed by atoms with Crippen molar-refractivity contribution in [3.63, 3.8) is 0 Å². The fourth-order valence-electron chi connectivity index (χ4n) is 16.6. The predicted octanol–water partition coefficient (Wildman–Crippen LogP) is 17.2. The molecule has 1 fully saturated rings. The Bertz CT molecular complexity index is 2950. The van der Waals surface area contributed by atoms with Crippen LogP contribution in [0.4, 0.5) is 11.6 Å². The number of anilines is 2. The molecule has 0 radical (unpaired) electrons. The number of furan rings is 1. The minimum Gasteiger partial charge on any atom is -0.445 e. The lowest BCUT2D eigenvalue weighted by molar-refractivity contribution is 0.121. The topological polar surface area (TPSA) is 19.6 Å². The van der Waals surface area contributed by atoms with Crippen LogP contribution in [0.15, 0.2) is 115 Å². The molecule has 3 heterocycles. The molecule has 4 heteroatoms. The summed E-state index contributed by atoms with van der Waals surface area (Å²) in [6.07, 6.45) is 30.5. The monoisotopic (exact) mass is 949 g/mol. The Kier molecular flexibility index (Phi) is 10.2. The smallest absolute Gasteiger partial charge is 0.251 e. The summed E-state index contributed by atoms with van der Waals surface area (Å²) in [5.74, 6) is 2.95. The number of nitrogens with zero attached hydrogens (tertiary/aromatic N) is 2. The third kappa shape index (κ3) is 6.99. The summed E-state index contributed by atoms with van der Waals surface area (Å²) >= 11 is 0. The molecule has 376 valence electrons. The van der Waals surface area contributed by atoms with Crippen molar-refractivity contribution in [3.8, 4) is 0 Å². The zero-order valence-corrected chi connectivity index (χ0v) is 47.5. The van der Waals surface area contributed by atoms with E-state index >= 15 is 0 Å². The Labute approximate surface area is 431 Å². The average Bonchev–Trinajstić information content (AvgIpc) is 3.73. The normalized spacial score (nSPS) is 30.7. The highest BCUT2D eigenvalue weighted by molar-refractivity contribution is 6.89. The highest BCUT2D eigenvalue weighted by atomic mass is 16.4. The van der Waals surface area contributed by atoms with Gasteiger partial charge in [-0.05, 0) is 202 Å². The van der Waals surface area contributed by atoms with Gasteiger partial charge in [0.1, 0.15) is 5.76 Å². The van der Waals surface area contributed by atoms with E-state index in [9.17, 15) is 0 Å². The molecule has 3 atom stereocenters. The number of hydrogen-bond acceptors (Lipinski definition) is 3. The summed E-state index contributed by atoms with van der Waals surface area (Å²) in [5, 5.41) is 0. The van der Waals surface area contributed by atoms with E-state index in [1.165, 1.54) is 83.7 Å². The third-order valence-electron chi connectivity index (χ3n) is 21.8. The largest absolute Gasteiger partial charge is 0.445 e. The van der Waals surface area contributed by atoms with E-state index in [0.717, 1.165) is 44.9 Å². The van der Waals surface area contributed by atoms with Crippen LogP contribution < -0.4 is 15.3 Å². The molecular weight excluding hydrogens is 860 g/mol. The molecule has 0 amide bonds. The van der Waals surface area contributed by atoms with Crippen molar-refractivity contribution in [2.75, 3.05) is 9.80 Å². The van der Waals surface area contributed by atoms with Crippen molar-refractivity contribution in [3.05, 3.63) is 133 Å². The van der Waals surface area contributed by atoms with Crippen molar-refractivity contribution in [2.24, 2.45) is 27.6 Å². The fourth-order valence-corrected chi connectivity index (χ4v) is 16.6. The van der Waals surface area contributed by atoms with Gasteiger partial charge >= 0.3 is 0 Å². The van der Waals surface area contributed by atoms with E-state index < -0.39 is 0 Å². The van der Waals surface area contributed by atoms with Gasteiger partial charge in [-0.3, -0.25) is 0 Å². The zero-order chi connectivity index (χ0) is 50.5. The van der Waals surface area contributed by atoms with E-state index in [2.05, 4.69) is 182 Å². The maximum Gasteiger partial charge on any atom is 0.251 e. The lowest BCUT2D eigenvalue weighted by Gasteiger charge is -2.56. The van der Waals surface area contributed by atoms with Crippen molar-refractivity contribution in [1.29, 1.82) is 0 Å². The van der Waals surface area contributed by atoms with E-state index in [1.54, 1.807) is 50.1 Å². The van der Waals surface area contributed by atoms with Gasteiger partial charge in [-0.1, -0.05) is 164 Å². The van der Waals surface area contributed by atoms with Gasteiger partial charge < -0.3 is 14.2 Å². The summed E-state index contributed by atoms with van der Waals surface area (Å²) < 4.78 is 8.01. The fraction of sp³-hybridized carbons (Fsp3) is 0.612. The first kappa shape index (κ1) is 48.1. The van der Waals surface area contributed by atoms with Gasteiger partial charge in [0, 0.05) is 22.5 Å². The summed E-state index contributed by atoms with van der Waals surface area (Å²) in [7, 11) is 0. The highest BCUT2D eigenvalue weighted by Crippen LogP contribution is 2.62. The van der Waals surface area contributed by atoms with Gasteiger partial charge in [0.05, 0.1) is 12.1 Å². The number of allylic oxidation sites excluding steroid dienone is 10. The molecule has 71 heavy (non-hydrogen) atoms. The standard InChI is InChI=1S/C67H89BN2O/c1-40-33-53-56-54(34-40)70(51-38-48-46(62(6,7)27-29-64(48,10)11)36-43(51)41-21-19-18-20-22-41)59-57(55-58(71-59)67(16,17)32-31-66(55,14)15)68(56)50-37-47-49(65(12,13)30-28-63(47,8)9)39-52(50)69(53)42-23-24-44-45(35-42)61(4,5)26-25-60(44,2)3/h18-19,21,23-24,33,35-37,49,51,54H,20,22,25-32,34,38-39H2,1-17H3. The van der Waals surface area contributed by atoms with Gasteiger partial charge in [0.2, 0.25) is 0 Å². The Balaban J connectivity index is 1.18. The van der Waals surface area contributed by atoms with Crippen LogP contribution in [-0.2, 0) is 21.7 Å². The van der Waals surface area contributed by atoms with Crippen LogP contribution >= 0.6 is 0 Å². The molecule has 1 aromatic carbocycles. The maximum absolute atomic E-state index is 8.01. The summed E-state index contributed by atoms with van der Waals surface area (Å²) in [5.41, 5.74) is 24.0. The molecule has 3 nitrogen and oxygen atoms in total. The summed E-state index contributed by atoms with van der Waals surface area (Å²) in [4.78, 5) is 5.85. The number of fused-ring (bicyclic) bond motifs is 7. The SMILES string of the molecule is CC1=CC2=C3B(C4=C(CC5C(=C4)C(C)(C)CCC5(C)C)N2c2ccc4c(c2)C(C)(C)CCC4(C)C)c2c(oc4c2C(C)(C)CCC4(C)C)N(C2CC4=C(C=C2C2=CC=CCC2)C(C)(C)CCC4(C)C)C3C1. The highest BCUT2D eigenvalue weighted by Gasteiger charge is 2.59. The second kappa shape index (κ2) is 15.1. The van der Waals surface area contributed by atoms with E-state index in [-0.39, 0.29) is 62.1 Å². The van der Waals surface area contributed by atoms with E-state index in [0.29, 0.717) is 5.92 Å². The Morgan fingerprint density at radius 3 is 2.01 bits per heavy atom. The molecule has 10 aliphatic rings. The van der Waals surface area contributed by atoms with Crippen LogP contribution in [0.2, 0.25) is 0 Å². The maximum atomic E-state index is 8.01. The van der Waals surface area contributed by atoms with Gasteiger partial charge in [-0.25, -0.2) is 0 Å². The second-order valence-corrected chi connectivity index (χ2v) is 30.3. The molecule has 1 saturated carbocycles. The molecule has 0 bridgehead atoms. The first-order chi connectivity index (χ1) is 33.0. The molecule has 12 rings (SSSR count). The molecule has 1 aromatic heterocycles. The number of hydrogen-bond donors (Lipinski definition) is 0. The van der Waals surface area contributed by atoms with Crippen molar-refractivity contribution >= 4 is 23.7 Å². The van der Waals surface area contributed by atoms with Crippen LogP contribution in [-0.4, -0.2) is 18.8 Å². The predicted molar refractivity (Wildman–Crippen MR) is 302 cm³/mol. The second-order valence-electron chi connectivity index (χ2n) is 30.3. The Morgan fingerprint density at radius 1 is 0.634 bits per heavy atom. The number of benzene rings is 1. The minimum atomic E-state index is -0.0649. The Hall–Kier alpha value is -3.92. The first-order valence-corrected chi connectivity index (χ1v) is 28.6. The summed E-state index contributed by atoms with van der Waals surface area (Å²) in [6, 6.07) is 8.10. The lowest BCUT2D eigenvalue weighted by Crippen LogP contribution is -2.62. The van der Waals surface area contributed by atoms with Crippen molar-refractivity contribution in [2.45, 2.75) is 235 Å². The molecule has 2 aromatic rings. The number of rotatable bonds is 3. The van der Waals surface area contributed by atoms with Gasteiger partial charge in [-0.15, -0.1) is 0 Å². The van der Waals surface area contributed by atoms with Crippen LogP contribution in [0, 0.1) is 27.6 Å². The summed E-state index contributed by atoms with van der Waals surface area (Å²) in [6.45, 7) is 43.2. The molecule has 8 aliphatic carbocycles. The van der Waals surface area contributed by atoms with Crippen LogP contribution in [0.3, 0.4) is 0 Å². The molecule has 3 unspecified atom stereocenters. The van der Waals surface area contributed by atoms with E-state index in [1.807, 2.05) is 0 Å². The van der Waals surface area contributed by atoms with Crippen molar-refractivity contribution in [1.82, 2.24) is 0 Å². The van der Waals surface area contributed by atoms with Gasteiger partial charge in [0.25, 0.3) is 6.71 Å². The van der Waals surface area contributed by atoms with Crippen LogP contribution in [0.1, 0.15) is 224 Å². The molecule has 0 saturated heterocycles. The molecular formula is C67H89BN2O. The van der Waals surface area contributed by atoms with E-state index in [4.69, 9.17) is 4.42 Å². The first-order valence-electron chi connectivity index (χ1n) is 28.6.